The van der Waals surface area contributed by atoms with E-state index < -0.39 is 11.7 Å². The molecule has 0 amide bonds. The number of aromatic nitrogens is 2. The molecule has 0 aromatic carbocycles. The van der Waals surface area contributed by atoms with Gasteiger partial charge in [0.15, 0.2) is 0 Å². The third-order valence-electron chi connectivity index (χ3n) is 3.02. The molecule has 90 valence electrons. The fourth-order valence-corrected chi connectivity index (χ4v) is 1.96. The molecular formula is C12H20N2O2. The highest BCUT2D eigenvalue weighted by atomic mass is 16.5. The van der Waals surface area contributed by atoms with Gasteiger partial charge in [-0.1, -0.05) is 13.8 Å². The first-order valence-electron chi connectivity index (χ1n) is 5.77. The van der Waals surface area contributed by atoms with E-state index in [9.17, 15) is 5.11 Å². The van der Waals surface area contributed by atoms with Crippen molar-refractivity contribution in [3.05, 3.63) is 24.3 Å². The fraction of sp³-hybridized carbons (Fsp3) is 0.667. The van der Waals surface area contributed by atoms with Crippen LogP contribution in [0.3, 0.4) is 0 Å². The smallest absolute Gasteiger partial charge is 0.115 e. The van der Waals surface area contributed by atoms with Crippen molar-refractivity contribution >= 4 is 0 Å². The van der Waals surface area contributed by atoms with Crippen LogP contribution >= 0.6 is 0 Å². The van der Waals surface area contributed by atoms with Gasteiger partial charge in [-0.15, -0.1) is 0 Å². The molecule has 0 fully saturated rings. The Hall–Kier alpha value is -1.00. The van der Waals surface area contributed by atoms with Gasteiger partial charge in [0.05, 0.1) is 5.60 Å². The summed E-state index contributed by atoms with van der Waals surface area (Å²) in [5.41, 5.74) is 0.180. The van der Waals surface area contributed by atoms with Crippen molar-refractivity contribution in [2.75, 3.05) is 6.61 Å². The molecule has 0 aliphatic heterocycles. The van der Waals surface area contributed by atoms with E-state index >= 15 is 0 Å². The molecule has 0 saturated heterocycles. The van der Waals surface area contributed by atoms with E-state index in [1.165, 1.54) is 6.33 Å². The average molecular weight is 224 g/mol. The molecule has 1 aromatic rings. The highest BCUT2D eigenvalue weighted by Gasteiger charge is 2.36. The van der Waals surface area contributed by atoms with Gasteiger partial charge in [0, 0.05) is 24.6 Å². The first-order valence-corrected chi connectivity index (χ1v) is 5.77. The van der Waals surface area contributed by atoms with E-state index in [0.717, 1.165) is 12.8 Å². The molecule has 0 saturated carbocycles. The molecule has 4 heteroatoms. The highest BCUT2D eigenvalue weighted by Crippen LogP contribution is 2.34. The lowest BCUT2D eigenvalue weighted by Gasteiger charge is -2.36. The van der Waals surface area contributed by atoms with Gasteiger partial charge in [-0.25, -0.2) is 9.97 Å². The van der Waals surface area contributed by atoms with Gasteiger partial charge in [-0.05, 0) is 19.8 Å². The van der Waals surface area contributed by atoms with Crippen LogP contribution < -0.4 is 0 Å². The summed E-state index contributed by atoms with van der Waals surface area (Å²) in [4.78, 5) is 7.84. The summed E-state index contributed by atoms with van der Waals surface area (Å²) in [5.74, 6) is 0. The minimum atomic E-state index is -0.677. The van der Waals surface area contributed by atoms with E-state index in [0.29, 0.717) is 12.2 Å². The molecule has 1 unspecified atom stereocenters. The third kappa shape index (κ3) is 2.57. The Balaban J connectivity index is 2.95. The minimum Gasteiger partial charge on any atom is -0.385 e. The summed E-state index contributed by atoms with van der Waals surface area (Å²) >= 11 is 0. The fourth-order valence-electron chi connectivity index (χ4n) is 1.96. The number of aliphatic hydroxyl groups excluding tert-OH is 1. The van der Waals surface area contributed by atoms with Gasteiger partial charge in [0.2, 0.25) is 0 Å². The first-order chi connectivity index (χ1) is 7.70. The van der Waals surface area contributed by atoms with Crippen LogP contribution in [0.4, 0.5) is 0 Å². The van der Waals surface area contributed by atoms with Crippen molar-refractivity contribution in [3.8, 4) is 0 Å². The number of aliphatic hydroxyl groups is 1. The maximum absolute atomic E-state index is 10.4. The Kier molecular flexibility index (Phi) is 4.83. The molecule has 0 aliphatic carbocycles. The second-order valence-corrected chi connectivity index (χ2v) is 3.78. The maximum atomic E-state index is 10.4. The molecule has 0 spiro atoms. The van der Waals surface area contributed by atoms with Crippen molar-refractivity contribution in [1.82, 2.24) is 9.97 Å². The van der Waals surface area contributed by atoms with Gasteiger partial charge >= 0.3 is 0 Å². The zero-order valence-corrected chi connectivity index (χ0v) is 10.2. The molecule has 0 aliphatic rings. The molecule has 4 nitrogen and oxygen atoms in total. The second-order valence-electron chi connectivity index (χ2n) is 3.78. The normalized spacial score (nSPS) is 13.8. The molecule has 1 atom stereocenters. The summed E-state index contributed by atoms with van der Waals surface area (Å²) in [5, 5.41) is 10.4. The van der Waals surface area contributed by atoms with E-state index in [-0.39, 0.29) is 0 Å². The lowest BCUT2D eigenvalue weighted by Crippen LogP contribution is -2.38. The lowest BCUT2D eigenvalue weighted by atomic mass is 9.87. The quantitative estimate of drug-likeness (QED) is 0.804. The van der Waals surface area contributed by atoms with Gasteiger partial charge in [-0.3, -0.25) is 0 Å². The zero-order chi connectivity index (χ0) is 12.0. The third-order valence-corrected chi connectivity index (χ3v) is 3.02. The van der Waals surface area contributed by atoms with Crippen LogP contribution in [0.25, 0.3) is 0 Å². The minimum absolute atomic E-state index is 0.528. The van der Waals surface area contributed by atoms with Gasteiger partial charge < -0.3 is 9.84 Å². The van der Waals surface area contributed by atoms with Crippen LogP contribution in [-0.2, 0) is 4.74 Å². The van der Waals surface area contributed by atoms with Gasteiger partial charge in [-0.2, -0.15) is 0 Å². The summed E-state index contributed by atoms with van der Waals surface area (Å²) in [6, 6.07) is 0. The molecule has 1 rings (SSSR count). The number of rotatable bonds is 6. The van der Waals surface area contributed by atoms with Crippen LogP contribution in [0.2, 0.25) is 0 Å². The van der Waals surface area contributed by atoms with Crippen molar-refractivity contribution < 1.29 is 9.84 Å². The topological polar surface area (TPSA) is 55.2 Å². The largest absolute Gasteiger partial charge is 0.385 e. The van der Waals surface area contributed by atoms with Crippen LogP contribution in [0, 0.1) is 0 Å². The summed E-state index contributed by atoms with van der Waals surface area (Å²) in [6.07, 6.45) is 5.56. The lowest BCUT2D eigenvalue weighted by molar-refractivity contribution is -0.127. The van der Waals surface area contributed by atoms with Crippen LogP contribution in [0.1, 0.15) is 45.3 Å². The van der Waals surface area contributed by atoms with Crippen molar-refractivity contribution in [1.29, 1.82) is 0 Å². The average Bonchev–Trinajstić information content (AvgIpc) is 2.36. The SMILES string of the molecule is CCOC(CC)(CC)C(O)c1cncnc1. The number of ether oxygens (including phenoxy) is 1. The number of nitrogens with zero attached hydrogens (tertiary/aromatic N) is 2. The molecule has 1 aromatic heterocycles. The maximum Gasteiger partial charge on any atom is 0.115 e. The van der Waals surface area contributed by atoms with Crippen LogP contribution in [0.15, 0.2) is 18.7 Å². The Labute approximate surface area is 96.7 Å². The second kappa shape index (κ2) is 5.92. The summed E-state index contributed by atoms with van der Waals surface area (Å²) in [7, 11) is 0. The molecule has 16 heavy (non-hydrogen) atoms. The Morgan fingerprint density at radius 1 is 1.25 bits per heavy atom. The first kappa shape index (κ1) is 13.1. The van der Waals surface area contributed by atoms with E-state index in [1.807, 2.05) is 20.8 Å². The predicted octanol–water partition coefficient (Wildman–Crippen LogP) is 2.11. The van der Waals surface area contributed by atoms with Crippen LogP contribution in [0.5, 0.6) is 0 Å². The molecule has 0 bridgehead atoms. The monoisotopic (exact) mass is 224 g/mol. The standard InChI is InChI=1S/C12H20N2O2/c1-4-12(5-2,16-6-3)11(15)10-7-13-9-14-8-10/h7-9,11,15H,4-6H2,1-3H3. The van der Waals surface area contributed by atoms with Crippen molar-refractivity contribution in [3.63, 3.8) is 0 Å². The summed E-state index contributed by atoms with van der Waals surface area (Å²) < 4.78 is 5.74. The number of hydrogen-bond acceptors (Lipinski definition) is 4. The Morgan fingerprint density at radius 3 is 2.25 bits per heavy atom. The van der Waals surface area contributed by atoms with E-state index in [1.54, 1.807) is 12.4 Å². The highest BCUT2D eigenvalue weighted by molar-refractivity contribution is 5.12. The Morgan fingerprint density at radius 2 is 1.81 bits per heavy atom. The van der Waals surface area contributed by atoms with E-state index in [4.69, 9.17) is 4.74 Å². The molecule has 1 N–H and O–H groups in total. The molecule has 1 heterocycles. The number of hydrogen-bond donors (Lipinski definition) is 1. The van der Waals surface area contributed by atoms with E-state index in [2.05, 4.69) is 9.97 Å². The molecular weight excluding hydrogens is 204 g/mol. The van der Waals surface area contributed by atoms with Crippen LogP contribution in [-0.4, -0.2) is 27.3 Å². The van der Waals surface area contributed by atoms with Gasteiger partial charge in [0.1, 0.15) is 12.4 Å². The summed E-state index contributed by atoms with van der Waals surface area (Å²) in [6.45, 7) is 6.57. The van der Waals surface area contributed by atoms with Gasteiger partial charge in [0.25, 0.3) is 0 Å². The van der Waals surface area contributed by atoms with Crippen molar-refractivity contribution in [2.45, 2.75) is 45.3 Å². The zero-order valence-electron chi connectivity index (χ0n) is 10.2. The van der Waals surface area contributed by atoms with Crippen molar-refractivity contribution in [2.24, 2.45) is 0 Å². The molecule has 0 radical (unpaired) electrons. The Bertz CT molecular complexity index is 299. The predicted molar refractivity (Wildman–Crippen MR) is 61.9 cm³/mol.